The lowest BCUT2D eigenvalue weighted by atomic mass is 10.1. The van der Waals surface area contributed by atoms with E-state index >= 15 is 0 Å². The van der Waals surface area contributed by atoms with Gasteiger partial charge in [0.25, 0.3) is 5.91 Å². The molecule has 1 aliphatic rings. The largest absolute Gasteiger partial charge is 0.490 e. The number of carboxylic acid groups (broad SMARTS) is 1. The molecule has 0 radical (unpaired) electrons. The number of amides is 1. The summed E-state index contributed by atoms with van der Waals surface area (Å²) in [5, 5.41) is 18.9. The molecule has 1 heterocycles. The maximum atomic E-state index is 12.9. The predicted octanol–water partition coefficient (Wildman–Crippen LogP) is 6.23. The summed E-state index contributed by atoms with van der Waals surface area (Å²) in [6, 6.07) is 19.1. The van der Waals surface area contributed by atoms with E-state index in [1.807, 2.05) is 19.1 Å². The Morgan fingerprint density at radius 2 is 1.87 bits per heavy atom. The van der Waals surface area contributed by atoms with Crippen LogP contribution in [0, 0.1) is 11.3 Å². The third-order valence-corrected chi connectivity index (χ3v) is 7.26. The number of thioether (sulfide) groups is 1. The van der Waals surface area contributed by atoms with Crippen molar-refractivity contribution in [2.75, 3.05) is 13.7 Å². The molecule has 1 fully saturated rings. The van der Waals surface area contributed by atoms with Gasteiger partial charge in [-0.15, -0.1) is 0 Å². The van der Waals surface area contributed by atoms with Gasteiger partial charge in [-0.05, 0) is 72.8 Å². The number of nitrogens with zero attached hydrogens (tertiary/aromatic N) is 3. The van der Waals surface area contributed by atoms with Crippen LogP contribution >= 0.6 is 27.7 Å². The number of nitriles is 1. The van der Waals surface area contributed by atoms with Gasteiger partial charge in [0, 0.05) is 17.1 Å². The van der Waals surface area contributed by atoms with Gasteiger partial charge < -0.3 is 14.6 Å². The number of aromatic carboxylic acids is 1. The Kier molecular flexibility index (Phi) is 8.51. The highest BCUT2D eigenvalue weighted by molar-refractivity contribution is 9.10. The molecule has 1 aliphatic heterocycles. The average molecular weight is 592 g/mol. The van der Waals surface area contributed by atoms with Gasteiger partial charge >= 0.3 is 5.97 Å². The second kappa shape index (κ2) is 12.0. The minimum atomic E-state index is -1.02. The summed E-state index contributed by atoms with van der Waals surface area (Å²) in [4.78, 5) is 30.4. The number of hydrogen-bond donors (Lipinski definition) is 1. The van der Waals surface area contributed by atoms with Crippen molar-refractivity contribution in [2.45, 2.75) is 13.5 Å². The number of likely N-dealkylation sites (N-methyl/N-ethyl adjacent to an activating group) is 1. The monoisotopic (exact) mass is 591 g/mol. The molecule has 1 amide bonds. The molecular formula is C28H22BrN3O5S. The molecule has 0 aromatic heterocycles. The van der Waals surface area contributed by atoms with Crippen molar-refractivity contribution in [3.63, 3.8) is 0 Å². The topological polar surface area (TPSA) is 112 Å². The zero-order valence-electron chi connectivity index (χ0n) is 20.5. The molecular weight excluding hydrogens is 570 g/mol. The van der Waals surface area contributed by atoms with Gasteiger partial charge in [-0.25, -0.2) is 9.79 Å². The van der Waals surface area contributed by atoms with Crippen LogP contribution in [0.25, 0.3) is 6.08 Å². The predicted molar refractivity (Wildman–Crippen MR) is 150 cm³/mol. The smallest absolute Gasteiger partial charge is 0.335 e. The average Bonchev–Trinajstić information content (AvgIpc) is 3.17. The van der Waals surface area contributed by atoms with E-state index in [4.69, 9.17) is 14.6 Å². The zero-order chi connectivity index (χ0) is 27.2. The number of carbonyl (C=O) groups is 2. The van der Waals surface area contributed by atoms with Crippen LogP contribution in [0.15, 0.2) is 75.0 Å². The lowest BCUT2D eigenvalue weighted by Crippen LogP contribution is -2.23. The summed E-state index contributed by atoms with van der Waals surface area (Å²) in [5.74, 6) is -0.219. The van der Waals surface area contributed by atoms with E-state index in [1.54, 1.807) is 49.5 Å². The number of aliphatic imine (C=N–C) groups is 1. The third-order valence-electron chi connectivity index (χ3n) is 5.51. The number of carbonyl (C=O) groups excluding carboxylic acids is 1. The van der Waals surface area contributed by atoms with Gasteiger partial charge in [0.05, 0.1) is 34.4 Å². The molecule has 0 saturated carbocycles. The van der Waals surface area contributed by atoms with Crippen LogP contribution in [-0.4, -0.2) is 40.7 Å². The first-order valence-corrected chi connectivity index (χ1v) is 13.1. The SMILES string of the molecule is CCOc1cc(/C=C2\SC(=Nc3ccc(C(=O)O)cc3)N(C)C2=O)c(Br)cc1OCc1ccccc1C#N. The Bertz CT molecular complexity index is 1500. The lowest BCUT2D eigenvalue weighted by molar-refractivity contribution is -0.121. The van der Waals surface area contributed by atoms with Crippen LogP contribution in [-0.2, 0) is 11.4 Å². The van der Waals surface area contributed by atoms with Crippen LogP contribution in [0.4, 0.5) is 5.69 Å². The molecule has 3 aromatic carbocycles. The Morgan fingerprint density at radius 3 is 2.55 bits per heavy atom. The summed E-state index contributed by atoms with van der Waals surface area (Å²) in [6.45, 7) is 2.48. The molecule has 38 heavy (non-hydrogen) atoms. The maximum absolute atomic E-state index is 12.9. The van der Waals surface area contributed by atoms with Crippen molar-refractivity contribution in [1.29, 1.82) is 5.26 Å². The first-order valence-electron chi connectivity index (χ1n) is 11.5. The first-order chi connectivity index (χ1) is 18.3. The van der Waals surface area contributed by atoms with Crippen molar-refractivity contribution in [2.24, 2.45) is 4.99 Å². The molecule has 1 N–H and O–H groups in total. The summed E-state index contributed by atoms with van der Waals surface area (Å²) < 4.78 is 12.5. The van der Waals surface area contributed by atoms with Crippen molar-refractivity contribution in [1.82, 2.24) is 4.90 Å². The molecule has 4 rings (SSSR count). The number of amidine groups is 1. The van der Waals surface area contributed by atoms with Gasteiger partial charge in [-0.2, -0.15) is 5.26 Å². The van der Waals surface area contributed by atoms with Crippen LogP contribution in [0.1, 0.15) is 34.0 Å². The van der Waals surface area contributed by atoms with E-state index in [9.17, 15) is 14.9 Å². The Labute approximate surface area is 232 Å². The second-order valence-electron chi connectivity index (χ2n) is 8.03. The summed E-state index contributed by atoms with van der Waals surface area (Å²) >= 11 is 4.79. The van der Waals surface area contributed by atoms with E-state index in [-0.39, 0.29) is 18.1 Å². The van der Waals surface area contributed by atoms with Gasteiger partial charge in [0.2, 0.25) is 0 Å². The maximum Gasteiger partial charge on any atom is 0.335 e. The fraction of sp³-hybridized carbons (Fsp3) is 0.143. The second-order valence-corrected chi connectivity index (χ2v) is 9.90. The molecule has 0 unspecified atom stereocenters. The van der Waals surface area contributed by atoms with Crippen LogP contribution in [0.3, 0.4) is 0 Å². The van der Waals surface area contributed by atoms with Crippen molar-refractivity contribution in [3.8, 4) is 17.6 Å². The standard InChI is InChI=1S/C28H22BrN3O5S/c1-3-36-23-12-20(22(29)14-24(23)37-16-19-7-5-4-6-18(19)15-30)13-25-26(33)32(2)28(38-25)31-21-10-8-17(9-11-21)27(34)35/h4-14H,3,16H2,1-2H3,(H,34,35)/b25-13-,31-28?. The molecule has 192 valence electrons. The number of halogens is 1. The molecule has 3 aromatic rings. The molecule has 0 aliphatic carbocycles. The number of ether oxygens (including phenoxy) is 2. The van der Waals surface area contributed by atoms with Crippen LogP contribution in [0.5, 0.6) is 11.5 Å². The normalized spacial score (nSPS) is 15.1. The Balaban J connectivity index is 1.59. The minimum absolute atomic E-state index is 0.162. The van der Waals surface area contributed by atoms with Gasteiger partial charge in [-0.3, -0.25) is 9.69 Å². The van der Waals surface area contributed by atoms with Gasteiger partial charge in [-0.1, -0.05) is 34.1 Å². The third kappa shape index (κ3) is 6.07. The van der Waals surface area contributed by atoms with Crippen LogP contribution in [0.2, 0.25) is 0 Å². The highest BCUT2D eigenvalue weighted by Crippen LogP contribution is 2.39. The zero-order valence-corrected chi connectivity index (χ0v) is 22.9. The summed E-state index contributed by atoms with van der Waals surface area (Å²) in [5.41, 5.74) is 2.73. The van der Waals surface area contributed by atoms with Crippen LogP contribution < -0.4 is 9.47 Å². The minimum Gasteiger partial charge on any atom is -0.490 e. The number of carboxylic acids is 1. The van der Waals surface area contributed by atoms with E-state index in [0.29, 0.717) is 43.9 Å². The number of benzene rings is 3. The molecule has 8 nitrogen and oxygen atoms in total. The molecule has 0 spiro atoms. The summed E-state index contributed by atoms with van der Waals surface area (Å²) in [7, 11) is 1.64. The van der Waals surface area contributed by atoms with Gasteiger partial charge in [0.15, 0.2) is 16.7 Å². The first kappa shape index (κ1) is 27.0. The molecule has 0 atom stereocenters. The van der Waals surface area contributed by atoms with E-state index < -0.39 is 5.97 Å². The lowest BCUT2D eigenvalue weighted by Gasteiger charge is -2.14. The molecule has 0 bridgehead atoms. The van der Waals surface area contributed by atoms with E-state index in [1.165, 1.54) is 28.8 Å². The molecule has 10 heteroatoms. The van der Waals surface area contributed by atoms with Crippen molar-refractivity contribution < 1.29 is 24.2 Å². The number of rotatable bonds is 8. The Hall–Kier alpha value is -4.07. The van der Waals surface area contributed by atoms with Crippen molar-refractivity contribution in [3.05, 3.63) is 92.3 Å². The quantitative estimate of drug-likeness (QED) is 0.309. The Morgan fingerprint density at radius 1 is 1.16 bits per heavy atom. The number of hydrogen-bond acceptors (Lipinski definition) is 7. The molecule has 1 saturated heterocycles. The van der Waals surface area contributed by atoms with E-state index in [2.05, 4.69) is 27.0 Å². The highest BCUT2D eigenvalue weighted by atomic mass is 79.9. The highest BCUT2D eigenvalue weighted by Gasteiger charge is 2.30. The van der Waals surface area contributed by atoms with Gasteiger partial charge in [0.1, 0.15) is 6.61 Å². The summed E-state index contributed by atoms with van der Waals surface area (Å²) in [6.07, 6.45) is 1.75. The van der Waals surface area contributed by atoms with Crippen molar-refractivity contribution >= 4 is 56.5 Å². The fourth-order valence-electron chi connectivity index (χ4n) is 3.54. The fourth-order valence-corrected chi connectivity index (χ4v) is 4.95. The van der Waals surface area contributed by atoms with E-state index in [0.717, 1.165) is 11.1 Å².